The van der Waals surface area contributed by atoms with Crippen LogP contribution in [0.1, 0.15) is 38.2 Å². The molecule has 40 heavy (non-hydrogen) atoms. The van der Waals surface area contributed by atoms with Crippen LogP contribution in [-0.4, -0.2) is 67.6 Å². The summed E-state index contributed by atoms with van der Waals surface area (Å²) in [6.07, 6.45) is -1.49. The Morgan fingerprint density at radius 1 is 1.10 bits per heavy atom. The zero-order chi connectivity index (χ0) is 29.7. The summed E-state index contributed by atoms with van der Waals surface area (Å²) in [5, 5.41) is 12.7. The lowest BCUT2D eigenvalue weighted by atomic mass is 9.65. The molecule has 1 saturated heterocycles. The number of benzene rings is 2. The van der Waals surface area contributed by atoms with Crippen molar-refractivity contribution in [3.05, 3.63) is 53.6 Å². The van der Waals surface area contributed by atoms with E-state index in [1.807, 2.05) is 13.0 Å². The number of carboxylic acids is 1. The van der Waals surface area contributed by atoms with Gasteiger partial charge in [0.1, 0.15) is 0 Å². The molecule has 2 fully saturated rings. The number of ether oxygens (including phenoxy) is 2. The Hall–Kier alpha value is -3.61. The second-order valence-corrected chi connectivity index (χ2v) is 9.70. The number of nitrogens with zero attached hydrogens (tertiary/aromatic N) is 1. The third kappa shape index (κ3) is 7.12. The van der Waals surface area contributed by atoms with Gasteiger partial charge in [0.2, 0.25) is 0 Å². The van der Waals surface area contributed by atoms with E-state index in [0.717, 1.165) is 55.9 Å². The van der Waals surface area contributed by atoms with Crippen LogP contribution in [0.25, 0.3) is 0 Å². The van der Waals surface area contributed by atoms with Crippen LogP contribution in [-0.2, 0) is 10.2 Å². The van der Waals surface area contributed by atoms with Gasteiger partial charge in [-0.3, -0.25) is 0 Å². The summed E-state index contributed by atoms with van der Waals surface area (Å²) in [6, 6.07) is 9.38. The van der Waals surface area contributed by atoms with Gasteiger partial charge >= 0.3 is 18.2 Å². The SMILES string of the molecule is CCOc1ccc(C23CCC(NC(=O)Nc4ccc(F)c(F)c4)CC2N(C)CC3)cc1OC.O=C(O)C(F)(F)F. The number of hydrogen-bond acceptors (Lipinski definition) is 5. The van der Waals surface area contributed by atoms with E-state index in [2.05, 4.69) is 34.7 Å². The molecule has 2 aliphatic rings. The van der Waals surface area contributed by atoms with Crippen LogP contribution in [0.2, 0.25) is 0 Å². The normalized spacial score (nSPS) is 22.4. The zero-order valence-electron chi connectivity index (χ0n) is 22.3. The molecular weight excluding hydrogens is 541 g/mol. The number of likely N-dealkylation sites (N-methyl/N-ethyl adjacent to an activating group) is 1. The molecule has 2 amide bonds. The summed E-state index contributed by atoms with van der Waals surface area (Å²) in [5.74, 6) is -3.21. The second kappa shape index (κ2) is 12.7. The molecule has 3 atom stereocenters. The number of carboxylic acid groups (broad SMARTS) is 1. The van der Waals surface area contributed by atoms with Gasteiger partial charge in [-0.25, -0.2) is 18.4 Å². The number of halogens is 5. The average molecular weight is 574 g/mol. The number of anilines is 1. The van der Waals surface area contributed by atoms with Gasteiger partial charge in [0.05, 0.1) is 13.7 Å². The molecule has 220 valence electrons. The van der Waals surface area contributed by atoms with Crippen molar-refractivity contribution in [2.24, 2.45) is 0 Å². The molecule has 2 aromatic carbocycles. The van der Waals surface area contributed by atoms with E-state index in [4.69, 9.17) is 19.4 Å². The Bertz CT molecular complexity index is 1210. The minimum absolute atomic E-state index is 0.0124. The van der Waals surface area contributed by atoms with Crippen LogP contribution >= 0.6 is 0 Å². The van der Waals surface area contributed by atoms with Crippen LogP contribution in [0.15, 0.2) is 36.4 Å². The number of carbonyl (C=O) groups excluding carboxylic acids is 1. The van der Waals surface area contributed by atoms with Gasteiger partial charge in [-0.15, -0.1) is 0 Å². The molecule has 1 aliphatic carbocycles. The number of amides is 2. The van der Waals surface area contributed by atoms with Crippen molar-refractivity contribution in [3.8, 4) is 11.5 Å². The predicted octanol–water partition coefficient (Wildman–Crippen LogP) is 5.32. The summed E-state index contributed by atoms with van der Waals surface area (Å²) < 4.78 is 69.6. The maximum Gasteiger partial charge on any atom is 0.490 e. The lowest BCUT2D eigenvalue weighted by molar-refractivity contribution is -0.192. The molecule has 2 aromatic rings. The third-order valence-corrected chi connectivity index (χ3v) is 7.32. The highest BCUT2D eigenvalue weighted by atomic mass is 19.4. The number of methoxy groups -OCH3 is 1. The Labute approximate surface area is 228 Å². The topological polar surface area (TPSA) is 100 Å². The Kier molecular flexibility index (Phi) is 9.82. The molecule has 1 heterocycles. The molecule has 3 N–H and O–H groups in total. The standard InChI is InChI=1S/C25H31F2N3O3.C2HF3O2/c1-4-33-21-8-5-16(13-22(21)32-3)25-10-9-18(15-23(25)30(2)12-11-25)29-24(31)28-17-6-7-19(26)20(27)14-17;3-2(4,5)1(6)7/h5-8,13-14,18,23H,4,9-12,15H2,1-3H3,(H2,28,29,31);(H,6,7). The number of alkyl halides is 3. The number of likely N-dealkylation sites (tertiary alicyclic amines) is 1. The van der Waals surface area contributed by atoms with E-state index >= 15 is 0 Å². The second-order valence-electron chi connectivity index (χ2n) is 9.70. The first-order chi connectivity index (χ1) is 18.8. The lowest BCUT2D eigenvalue weighted by Crippen LogP contribution is -2.52. The van der Waals surface area contributed by atoms with Crippen LogP contribution in [0, 0.1) is 11.6 Å². The van der Waals surface area contributed by atoms with Crippen molar-refractivity contribution in [1.29, 1.82) is 0 Å². The Balaban J connectivity index is 0.000000559. The van der Waals surface area contributed by atoms with Crippen molar-refractivity contribution in [2.75, 3.05) is 32.6 Å². The van der Waals surface area contributed by atoms with Gasteiger partial charge in [0.15, 0.2) is 23.1 Å². The fraction of sp³-hybridized carbons (Fsp3) is 0.481. The highest BCUT2D eigenvalue weighted by molar-refractivity contribution is 5.89. The predicted molar refractivity (Wildman–Crippen MR) is 137 cm³/mol. The van der Waals surface area contributed by atoms with E-state index in [0.29, 0.717) is 6.61 Å². The van der Waals surface area contributed by atoms with Gasteiger partial charge in [-0.1, -0.05) is 6.07 Å². The number of carbonyl (C=O) groups is 2. The minimum Gasteiger partial charge on any atom is -0.493 e. The van der Waals surface area contributed by atoms with Crippen molar-refractivity contribution < 1.29 is 46.1 Å². The molecule has 0 spiro atoms. The Morgan fingerprint density at radius 2 is 1.80 bits per heavy atom. The van der Waals surface area contributed by atoms with Crippen LogP contribution in [0.5, 0.6) is 11.5 Å². The van der Waals surface area contributed by atoms with Gasteiger partial charge in [-0.05, 0) is 76.0 Å². The van der Waals surface area contributed by atoms with Gasteiger partial charge < -0.3 is 30.1 Å². The molecule has 0 aromatic heterocycles. The highest BCUT2D eigenvalue weighted by Crippen LogP contribution is 2.49. The molecule has 3 unspecified atom stereocenters. The molecule has 13 heteroatoms. The first-order valence-corrected chi connectivity index (χ1v) is 12.6. The molecule has 4 rings (SSSR count). The number of rotatable bonds is 6. The van der Waals surface area contributed by atoms with Gasteiger partial charge in [0, 0.05) is 29.3 Å². The molecule has 0 bridgehead atoms. The summed E-state index contributed by atoms with van der Waals surface area (Å²) in [7, 11) is 3.78. The van der Waals surface area contributed by atoms with Crippen LogP contribution < -0.4 is 20.1 Å². The van der Waals surface area contributed by atoms with Crippen LogP contribution in [0.3, 0.4) is 0 Å². The van der Waals surface area contributed by atoms with Crippen molar-refractivity contribution in [2.45, 2.75) is 56.3 Å². The smallest absolute Gasteiger partial charge is 0.490 e. The average Bonchev–Trinajstić information content (AvgIpc) is 3.23. The third-order valence-electron chi connectivity index (χ3n) is 7.32. The van der Waals surface area contributed by atoms with E-state index < -0.39 is 29.8 Å². The summed E-state index contributed by atoms with van der Waals surface area (Å²) in [5.41, 5.74) is 1.44. The number of hydrogen-bond donors (Lipinski definition) is 3. The molecule has 1 saturated carbocycles. The molecular formula is C27H32F5N3O5. The zero-order valence-corrected chi connectivity index (χ0v) is 22.3. The van der Waals surface area contributed by atoms with Crippen molar-refractivity contribution in [1.82, 2.24) is 10.2 Å². The Morgan fingerprint density at radius 3 is 2.40 bits per heavy atom. The maximum absolute atomic E-state index is 13.4. The summed E-state index contributed by atoms with van der Waals surface area (Å²) in [4.78, 5) is 23.8. The molecule has 1 aliphatic heterocycles. The van der Waals surface area contributed by atoms with Crippen molar-refractivity contribution in [3.63, 3.8) is 0 Å². The number of nitrogens with one attached hydrogen (secondary N) is 2. The number of fused-ring (bicyclic) bond motifs is 1. The summed E-state index contributed by atoms with van der Waals surface area (Å²) in [6.45, 7) is 3.51. The largest absolute Gasteiger partial charge is 0.493 e. The quantitative estimate of drug-likeness (QED) is 0.405. The number of urea groups is 1. The fourth-order valence-electron chi connectivity index (χ4n) is 5.43. The first-order valence-electron chi connectivity index (χ1n) is 12.6. The monoisotopic (exact) mass is 573 g/mol. The fourth-order valence-corrected chi connectivity index (χ4v) is 5.43. The molecule has 0 radical (unpaired) electrons. The van der Waals surface area contributed by atoms with Gasteiger partial charge in [-0.2, -0.15) is 13.2 Å². The maximum atomic E-state index is 13.4. The highest BCUT2D eigenvalue weighted by Gasteiger charge is 2.50. The lowest BCUT2D eigenvalue weighted by Gasteiger charge is -2.45. The minimum atomic E-state index is -5.08. The van der Waals surface area contributed by atoms with E-state index in [-0.39, 0.29) is 23.2 Å². The first kappa shape index (κ1) is 30.9. The van der Waals surface area contributed by atoms with E-state index in [1.54, 1.807) is 7.11 Å². The molecule has 8 nitrogen and oxygen atoms in total. The van der Waals surface area contributed by atoms with Gasteiger partial charge in [0.25, 0.3) is 0 Å². The van der Waals surface area contributed by atoms with E-state index in [9.17, 15) is 26.7 Å². The summed E-state index contributed by atoms with van der Waals surface area (Å²) >= 11 is 0. The number of aliphatic carboxylic acids is 1. The van der Waals surface area contributed by atoms with Crippen LogP contribution in [0.4, 0.5) is 32.4 Å². The van der Waals surface area contributed by atoms with E-state index in [1.165, 1.54) is 11.6 Å². The van der Waals surface area contributed by atoms with Crippen molar-refractivity contribution >= 4 is 17.7 Å².